The van der Waals surface area contributed by atoms with Crippen molar-refractivity contribution in [1.29, 1.82) is 0 Å². The normalized spacial score (nSPS) is 14.5. The molecule has 1 aromatic carbocycles. The number of aliphatic hydroxyl groups is 2. The Morgan fingerprint density at radius 2 is 2.00 bits per heavy atom. The van der Waals surface area contributed by atoms with Gasteiger partial charge in [0.25, 0.3) is 0 Å². The first-order valence-electron chi connectivity index (χ1n) is 5.64. The molecule has 1 aromatic rings. The Balaban J connectivity index is 2.85. The summed E-state index contributed by atoms with van der Waals surface area (Å²) in [5.74, 6) is 1.07. The highest BCUT2D eigenvalue weighted by Crippen LogP contribution is 2.31. The summed E-state index contributed by atoms with van der Waals surface area (Å²) in [4.78, 5) is 0. The van der Waals surface area contributed by atoms with E-state index in [1.165, 1.54) is 0 Å². The van der Waals surface area contributed by atoms with Gasteiger partial charge >= 0.3 is 0 Å². The standard InChI is InChI=1S/C13H20O3/c1-3-10(8-11(15)9-14)12-6-4-5-7-13(12)16-2/h4-7,10-11,14-15H,3,8-9H2,1-2H3. The number of aliphatic hydroxyl groups excluding tert-OH is 2. The number of hydrogen-bond donors (Lipinski definition) is 2. The molecule has 0 spiro atoms. The zero-order chi connectivity index (χ0) is 12.0. The molecule has 2 unspecified atom stereocenters. The average Bonchev–Trinajstić information content (AvgIpc) is 2.35. The molecule has 0 heterocycles. The Kier molecular flexibility index (Phi) is 5.29. The number of methoxy groups -OCH3 is 1. The quantitative estimate of drug-likeness (QED) is 0.776. The van der Waals surface area contributed by atoms with E-state index in [0.717, 1.165) is 17.7 Å². The molecule has 0 radical (unpaired) electrons. The summed E-state index contributed by atoms with van der Waals surface area (Å²) in [6.07, 6.45) is 0.819. The van der Waals surface area contributed by atoms with Crippen molar-refractivity contribution in [2.24, 2.45) is 0 Å². The van der Waals surface area contributed by atoms with Crippen LogP contribution in [-0.4, -0.2) is 30.0 Å². The molecule has 90 valence electrons. The van der Waals surface area contributed by atoms with E-state index in [-0.39, 0.29) is 12.5 Å². The zero-order valence-electron chi connectivity index (χ0n) is 9.89. The summed E-state index contributed by atoms with van der Waals surface area (Å²) in [6, 6.07) is 7.82. The van der Waals surface area contributed by atoms with Crippen LogP contribution < -0.4 is 4.74 Å². The highest BCUT2D eigenvalue weighted by Gasteiger charge is 2.17. The van der Waals surface area contributed by atoms with Crippen LogP contribution in [0.3, 0.4) is 0 Å². The van der Waals surface area contributed by atoms with Crippen LogP contribution >= 0.6 is 0 Å². The van der Waals surface area contributed by atoms with E-state index >= 15 is 0 Å². The van der Waals surface area contributed by atoms with E-state index in [9.17, 15) is 5.11 Å². The van der Waals surface area contributed by atoms with E-state index in [1.807, 2.05) is 24.3 Å². The van der Waals surface area contributed by atoms with Gasteiger partial charge in [-0.15, -0.1) is 0 Å². The minimum atomic E-state index is -0.658. The lowest BCUT2D eigenvalue weighted by molar-refractivity contribution is 0.0815. The van der Waals surface area contributed by atoms with Gasteiger partial charge in [-0.05, 0) is 30.4 Å². The van der Waals surface area contributed by atoms with E-state index in [2.05, 4.69) is 6.92 Å². The fraction of sp³-hybridized carbons (Fsp3) is 0.538. The maximum absolute atomic E-state index is 9.49. The average molecular weight is 224 g/mol. The van der Waals surface area contributed by atoms with Crippen LogP contribution in [0.15, 0.2) is 24.3 Å². The molecule has 0 fully saturated rings. The summed E-state index contributed by atoms with van der Waals surface area (Å²) >= 11 is 0. The summed E-state index contributed by atoms with van der Waals surface area (Å²) in [7, 11) is 1.65. The molecule has 0 aromatic heterocycles. The molecule has 0 aliphatic rings. The first-order chi connectivity index (χ1) is 7.72. The highest BCUT2D eigenvalue weighted by atomic mass is 16.5. The van der Waals surface area contributed by atoms with Gasteiger partial charge in [0.05, 0.1) is 19.8 Å². The number of para-hydroxylation sites is 1. The maximum Gasteiger partial charge on any atom is 0.122 e. The van der Waals surface area contributed by atoms with Crippen LogP contribution in [0, 0.1) is 0 Å². The van der Waals surface area contributed by atoms with Gasteiger partial charge in [0.2, 0.25) is 0 Å². The summed E-state index contributed by atoms with van der Waals surface area (Å²) < 4.78 is 5.30. The number of rotatable bonds is 6. The van der Waals surface area contributed by atoms with Crippen molar-refractivity contribution in [3.8, 4) is 5.75 Å². The van der Waals surface area contributed by atoms with E-state index in [4.69, 9.17) is 9.84 Å². The Hall–Kier alpha value is -1.06. The molecule has 0 aliphatic carbocycles. The van der Waals surface area contributed by atoms with E-state index in [1.54, 1.807) is 7.11 Å². The molecule has 2 atom stereocenters. The summed E-state index contributed by atoms with van der Waals surface area (Å²) in [6.45, 7) is 1.88. The molecule has 16 heavy (non-hydrogen) atoms. The second-order valence-corrected chi connectivity index (χ2v) is 3.92. The fourth-order valence-electron chi connectivity index (χ4n) is 1.92. The minimum Gasteiger partial charge on any atom is -0.496 e. The molecular formula is C13H20O3. The molecule has 0 aliphatic heterocycles. The van der Waals surface area contributed by atoms with E-state index in [0.29, 0.717) is 6.42 Å². The molecule has 0 saturated heterocycles. The van der Waals surface area contributed by atoms with Gasteiger partial charge in [0, 0.05) is 0 Å². The third-order valence-corrected chi connectivity index (χ3v) is 2.84. The van der Waals surface area contributed by atoms with Crippen molar-refractivity contribution < 1.29 is 14.9 Å². The molecule has 1 rings (SSSR count). The predicted molar refractivity (Wildman–Crippen MR) is 63.7 cm³/mol. The monoisotopic (exact) mass is 224 g/mol. The second-order valence-electron chi connectivity index (χ2n) is 3.92. The molecular weight excluding hydrogens is 204 g/mol. The Bertz CT molecular complexity index is 312. The highest BCUT2D eigenvalue weighted by molar-refractivity contribution is 5.36. The van der Waals surface area contributed by atoms with Gasteiger partial charge < -0.3 is 14.9 Å². The number of ether oxygens (including phenoxy) is 1. The van der Waals surface area contributed by atoms with Crippen molar-refractivity contribution in [1.82, 2.24) is 0 Å². The van der Waals surface area contributed by atoms with Crippen molar-refractivity contribution in [2.75, 3.05) is 13.7 Å². The molecule has 0 amide bonds. The smallest absolute Gasteiger partial charge is 0.122 e. The van der Waals surface area contributed by atoms with Crippen molar-refractivity contribution in [3.63, 3.8) is 0 Å². The van der Waals surface area contributed by atoms with E-state index < -0.39 is 6.10 Å². The second kappa shape index (κ2) is 6.51. The van der Waals surface area contributed by atoms with Gasteiger partial charge in [0.15, 0.2) is 0 Å². The van der Waals surface area contributed by atoms with Gasteiger partial charge in [-0.2, -0.15) is 0 Å². The van der Waals surface area contributed by atoms with Crippen molar-refractivity contribution in [3.05, 3.63) is 29.8 Å². The molecule has 3 heteroatoms. The number of hydrogen-bond acceptors (Lipinski definition) is 3. The molecule has 0 bridgehead atoms. The topological polar surface area (TPSA) is 49.7 Å². The first-order valence-corrected chi connectivity index (χ1v) is 5.64. The Labute approximate surface area is 96.7 Å². The molecule has 2 N–H and O–H groups in total. The summed E-state index contributed by atoms with van der Waals surface area (Å²) in [5, 5.41) is 18.4. The third-order valence-electron chi connectivity index (χ3n) is 2.84. The minimum absolute atomic E-state index is 0.189. The predicted octanol–water partition coefficient (Wildman–Crippen LogP) is 1.93. The lowest BCUT2D eigenvalue weighted by atomic mass is 9.90. The molecule has 3 nitrogen and oxygen atoms in total. The molecule has 0 saturated carbocycles. The zero-order valence-corrected chi connectivity index (χ0v) is 9.89. The van der Waals surface area contributed by atoms with Crippen LogP contribution in [0.1, 0.15) is 31.2 Å². The Morgan fingerprint density at radius 3 is 2.56 bits per heavy atom. The SMILES string of the molecule is CCC(CC(O)CO)c1ccccc1OC. The fourth-order valence-corrected chi connectivity index (χ4v) is 1.92. The van der Waals surface area contributed by atoms with Gasteiger partial charge in [-0.25, -0.2) is 0 Å². The van der Waals surface area contributed by atoms with Crippen molar-refractivity contribution in [2.45, 2.75) is 31.8 Å². The van der Waals surface area contributed by atoms with Crippen molar-refractivity contribution >= 4 is 0 Å². The van der Waals surface area contributed by atoms with Crippen LogP contribution in [0.5, 0.6) is 5.75 Å². The largest absolute Gasteiger partial charge is 0.496 e. The Morgan fingerprint density at radius 1 is 1.31 bits per heavy atom. The number of benzene rings is 1. The lowest BCUT2D eigenvalue weighted by Crippen LogP contribution is -2.16. The van der Waals surface area contributed by atoms with Gasteiger partial charge in [-0.1, -0.05) is 25.1 Å². The van der Waals surface area contributed by atoms with Crippen LogP contribution in [-0.2, 0) is 0 Å². The lowest BCUT2D eigenvalue weighted by Gasteiger charge is -2.20. The summed E-state index contributed by atoms with van der Waals surface area (Å²) in [5.41, 5.74) is 1.10. The third kappa shape index (κ3) is 3.22. The van der Waals surface area contributed by atoms with Crippen LogP contribution in [0.4, 0.5) is 0 Å². The van der Waals surface area contributed by atoms with Gasteiger partial charge in [-0.3, -0.25) is 0 Å². The van der Waals surface area contributed by atoms with Crippen LogP contribution in [0.25, 0.3) is 0 Å². The first kappa shape index (κ1) is 13.0. The maximum atomic E-state index is 9.49. The van der Waals surface area contributed by atoms with Crippen LogP contribution in [0.2, 0.25) is 0 Å². The van der Waals surface area contributed by atoms with Gasteiger partial charge in [0.1, 0.15) is 5.75 Å².